The largest absolute Gasteiger partial charge is 0.573 e. The Bertz CT molecular complexity index is 1300. The highest BCUT2D eigenvalue weighted by atomic mass is 19.4. The molecule has 10 heteroatoms. The number of alkyl halides is 3. The highest BCUT2D eigenvalue weighted by Gasteiger charge is 2.31. The molecule has 0 fully saturated rings. The van der Waals surface area contributed by atoms with Gasteiger partial charge in [-0.1, -0.05) is 29.4 Å². The van der Waals surface area contributed by atoms with Crippen LogP contribution in [0.5, 0.6) is 5.75 Å². The van der Waals surface area contributed by atoms with Crippen molar-refractivity contribution in [3.63, 3.8) is 0 Å². The Morgan fingerprint density at radius 3 is 2.59 bits per heavy atom. The van der Waals surface area contributed by atoms with Gasteiger partial charge in [-0.2, -0.15) is 0 Å². The molecule has 0 unspecified atom stereocenters. The SMILES string of the molecule is Cc1cc(-c2cccc3onc(N)c23)ccc1NC(=O)Nc1cccc(OC(F)(F)F)c1. The van der Waals surface area contributed by atoms with Crippen molar-refractivity contribution < 1.29 is 27.2 Å². The first kappa shape index (κ1) is 21.0. The fraction of sp³-hybridized carbons (Fsp3) is 0.0909. The first-order valence-corrected chi connectivity index (χ1v) is 9.38. The van der Waals surface area contributed by atoms with Crippen molar-refractivity contribution in [2.24, 2.45) is 0 Å². The molecule has 0 saturated carbocycles. The molecule has 4 N–H and O–H groups in total. The molecule has 164 valence electrons. The predicted molar refractivity (Wildman–Crippen MR) is 114 cm³/mol. The lowest BCUT2D eigenvalue weighted by Crippen LogP contribution is -2.20. The minimum absolute atomic E-state index is 0.146. The van der Waals surface area contributed by atoms with E-state index in [4.69, 9.17) is 10.3 Å². The van der Waals surface area contributed by atoms with Crippen molar-refractivity contribution in [3.05, 3.63) is 66.2 Å². The molecule has 0 atom stereocenters. The van der Waals surface area contributed by atoms with E-state index in [1.807, 2.05) is 31.2 Å². The summed E-state index contributed by atoms with van der Waals surface area (Å²) in [5.41, 5.74) is 9.61. The first-order valence-electron chi connectivity index (χ1n) is 9.38. The van der Waals surface area contributed by atoms with Crippen LogP contribution >= 0.6 is 0 Å². The molecule has 0 saturated heterocycles. The van der Waals surface area contributed by atoms with E-state index in [0.29, 0.717) is 16.7 Å². The van der Waals surface area contributed by atoms with Gasteiger partial charge in [0.05, 0.1) is 5.39 Å². The zero-order valence-electron chi connectivity index (χ0n) is 16.7. The third-order valence-electron chi connectivity index (χ3n) is 4.64. The Hall–Kier alpha value is -4.21. The summed E-state index contributed by atoms with van der Waals surface area (Å²) in [5.74, 6) is -0.149. The molecule has 0 bridgehead atoms. The van der Waals surface area contributed by atoms with Gasteiger partial charge in [0.1, 0.15) is 5.75 Å². The average Bonchev–Trinajstić information content (AvgIpc) is 3.10. The van der Waals surface area contributed by atoms with E-state index in [2.05, 4.69) is 20.5 Å². The van der Waals surface area contributed by atoms with Crippen LogP contribution in [0.4, 0.5) is 35.2 Å². The predicted octanol–water partition coefficient (Wildman–Crippen LogP) is 5.93. The maximum Gasteiger partial charge on any atom is 0.573 e. The summed E-state index contributed by atoms with van der Waals surface area (Å²) in [7, 11) is 0. The lowest BCUT2D eigenvalue weighted by Gasteiger charge is -2.13. The maximum atomic E-state index is 12.4. The van der Waals surface area contributed by atoms with E-state index in [1.54, 1.807) is 12.1 Å². The summed E-state index contributed by atoms with van der Waals surface area (Å²) in [6.45, 7) is 1.81. The third kappa shape index (κ3) is 4.59. The molecule has 7 nitrogen and oxygen atoms in total. The van der Waals surface area contributed by atoms with Gasteiger partial charge in [0.2, 0.25) is 0 Å². The molecule has 0 aliphatic heterocycles. The number of urea groups is 1. The second-order valence-corrected chi connectivity index (χ2v) is 6.93. The van der Waals surface area contributed by atoms with Crippen LogP contribution < -0.4 is 21.1 Å². The number of ether oxygens (including phenoxy) is 1. The first-order chi connectivity index (χ1) is 15.2. The van der Waals surface area contributed by atoms with Crippen molar-refractivity contribution in [2.75, 3.05) is 16.4 Å². The smallest absolute Gasteiger partial charge is 0.406 e. The number of nitrogens with zero attached hydrogens (tertiary/aromatic N) is 1. The number of amides is 2. The van der Waals surface area contributed by atoms with Crippen LogP contribution in [0.3, 0.4) is 0 Å². The Kier molecular flexibility index (Phi) is 5.35. The van der Waals surface area contributed by atoms with Gasteiger partial charge in [0, 0.05) is 17.4 Å². The van der Waals surface area contributed by atoms with E-state index in [-0.39, 0.29) is 11.5 Å². The van der Waals surface area contributed by atoms with Crippen LogP contribution in [-0.2, 0) is 0 Å². The number of aryl methyl sites for hydroxylation is 1. The molecule has 0 aliphatic rings. The summed E-state index contributed by atoms with van der Waals surface area (Å²) in [5, 5.41) is 9.66. The highest BCUT2D eigenvalue weighted by molar-refractivity contribution is 6.02. The molecule has 0 aliphatic carbocycles. The second-order valence-electron chi connectivity index (χ2n) is 6.93. The van der Waals surface area contributed by atoms with Crippen molar-refractivity contribution >= 4 is 34.2 Å². The Morgan fingerprint density at radius 1 is 1.06 bits per heavy atom. The fourth-order valence-electron chi connectivity index (χ4n) is 3.28. The molecule has 3 aromatic carbocycles. The average molecular weight is 442 g/mol. The number of anilines is 3. The van der Waals surface area contributed by atoms with Crippen LogP contribution in [0, 0.1) is 6.92 Å². The minimum Gasteiger partial charge on any atom is -0.406 e. The van der Waals surface area contributed by atoms with Gasteiger partial charge in [-0.25, -0.2) is 4.79 Å². The lowest BCUT2D eigenvalue weighted by molar-refractivity contribution is -0.274. The summed E-state index contributed by atoms with van der Waals surface area (Å²) in [4.78, 5) is 12.3. The number of benzene rings is 3. The maximum absolute atomic E-state index is 12.4. The van der Waals surface area contributed by atoms with Crippen molar-refractivity contribution in [1.82, 2.24) is 5.16 Å². The number of nitrogens with one attached hydrogen (secondary N) is 2. The minimum atomic E-state index is -4.82. The topological polar surface area (TPSA) is 102 Å². The van der Waals surface area contributed by atoms with E-state index < -0.39 is 18.1 Å². The van der Waals surface area contributed by atoms with Gasteiger partial charge in [-0.15, -0.1) is 13.2 Å². The monoisotopic (exact) mass is 442 g/mol. The van der Waals surface area contributed by atoms with Crippen LogP contribution in [-0.4, -0.2) is 17.6 Å². The lowest BCUT2D eigenvalue weighted by atomic mass is 9.99. The normalized spacial score (nSPS) is 11.4. The number of fused-ring (bicyclic) bond motifs is 1. The Morgan fingerprint density at radius 2 is 1.84 bits per heavy atom. The molecular formula is C22H17F3N4O3. The fourth-order valence-corrected chi connectivity index (χ4v) is 3.28. The Labute approximate surface area is 179 Å². The number of nitrogen functional groups attached to an aromatic ring is 1. The van der Waals surface area contributed by atoms with Crippen molar-refractivity contribution in [3.8, 4) is 16.9 Å². The summed E-state index contributed by atoms with van der Waals surface area (Å²) < 4.78 is 46.2. The quantitative estimate of drug-likeness (QED) is 0.364. The number of rotatable bonds is 4. The van der Waals surface area contributed by atoms with Gasteiger partial charge < -0.3 is 25.6 Å². The molecule has 1 aromatic heterocycles. The van der Waals surface area contributed by atoms with E-state index in [1.165, 1.54) is 12.1 Å². The number of hydrogen-bond acceptors (Lipinski definition) is 5. The zero-order chi connectivity index (χ0) is 22.9. The second kappa shape index (κ2) is 8.14. The van der Waals surface area contributed by atoms with Gasteiger partial charge in [-0.05, 0) is 53.9 Å². The number of halogens is 3. The van der Waals surface area contributed by atoms with Crippen LogP contribution in [0.15, 0.2) is 65.2 Å². The summed E-state index contributed by atoms with van der Waals surface area (Å²) >= 11 is 0. The summed E-state index contributed by atoms with van der Waals surface area (Å²) in [6, 6.07) is 15.3. The number of carbonyl (C=O) groups excluding carboxylic acids is 1. The third-order valence-corrected chi connectivity index (χ3v) is 4.64. The molecule has 0 radical (unpaired) electrons. The van der Waals surface area contributed by atoms with E-state index >= 15 is 0 Å². The standard InChI is InChI=1S/C22H17F3N4O3/c1-12-10-13(16-6-3-7-18-19(16)20(26)29-32-18)8-9-17(12)28-21(30)27-14-4-2-5-15(11-14)31-22(23,24)25/h2-11H,1H3,(H2,26,29)(H2,27,28,30). The highest BCUT2D eigenvalue weighted by Crippen LogP contribution is 2.34. The Balaban J connectivity index is 1.50. The van der Waals surface area contributed by atoms with Crippen LogP contribution in [0.1, 0.15) is 5.56 Å². The van der Waals surface area contributed by atoms with E-state index in [9.17, 15) is 18.0 Å². The van der Waals surface area contributed by atoms with Gasteiger partial charge >= 0.3 is 12.4 Å². The summed E-state index contributed by atoms with van der Waals surface area (Å²) in [6.07, 6.45) is -4.82. The zero-order valence-corrected chi connectivity index (χ0v) is 16.7. The molecule has 2 amide bonds. The number of aromatic nitrogens is 1. The van der Waals surface area contributed by atoms with Crippen LogP contribution in [0.25, 0.3) is 22.1 Å². The van der Waals surface area contributed by atoms with Gasteiger partial charge in [-0.3, -0.25) is 0 Å². The van der Waals surface area contributed by atoms with E-state index in [0.717, 1.165) is 28.8 Å². The number of hydrogen-bond donors (Lipinski definition) is 3. The molecule has 4 rings (SSSR count). The molecular weight excluding hydrogens is 425 g/mol. The van der Waals surface area contributed by atoms with Crippen LogP contribution in [0.2, 0.25) is 0 Å². The molecule has 4 aromatic rings. The molecule has 32 heavy (non-hydrogen) atoms. The molecule has 1 heterocycles. The number of carbonyl (C=O) groups is 1. The van der Waals surface area contributed by atoms with Crippen molar-refractivity contribution in [2.45, 2.75) is 13.3 Å². The van der Waals surface area contributed by atoms with Crippen molar-refractivity contribution in [1.29, 1.82) is 0 Å². The van der Waals surface area contributed by atoms with Gasteiger partial charge in [0.25, 0.3) is 0 Å². The number of nitrogens with two attached hydrogens (primary N) is 1. The van der Waals surface area contributed by atoms with Gasteiger partial charge in [0.15, 0.2) is 11.4 Å². The molecule has 0 spiro atoms.